The summed E-state index contributed by atoms with van der Waals surface area (Å²) in [6.45, 7) is 7.83. The van der Waals surface area contributed by atoms with Gasteiger partial charge >= 0.3 is 0 Å². The lowest BCUT2D eigenvalue weighted by Crippen LogP contribution is -2.43. The summed E-state index contributed by atoms with van der Waals surface area (Å²) in [6, 6.07) is 2.11. The molecule has 2 rings (SSSR count). The van der Waals surface area contributed by atoms with Crippen molar-refractivity contribution >= 4 is 21.6 Å². The number of aromatic nitrogens is 1. The molecule has 2 heterocycles. The molecule has 0 bridgehead atoms. The molecule has 1 atom stereocenters. The average Bonchev–Trinajstić information content (AvgIpc) is 2.44. The van der Waals surface area contributed by atoms with Gasteiger partial charge in [0.25, 0.3) is 0 Å². The largest absolute Gasteiger partial charge is 0.365 e. The van der Waals surface area contributed by atoms with E-state index in [9.17, 15) is 0 Å². The molecule has 0 N–H and O–H groups in total. The summed E-state index contributed by atoms with van der Waals surface area (Å²) in [5.74, 6) is 0. The van der Waals surface area contributed by atoms with Crippen molar-refractivity contribution in [2.75, 3.05) is 11.4 Å². The Morgan fingerprint density at radius 3 is 2.80 bits per heavy atom. The van der Waals surface area contributed by atoms with Crippen molar-refractivity contribution in [3.05, 3.63) is 24.0 Å². The zero-order chi connectivity index (χ0) is 11.1. The monoisotopic (exact) mass is 268 g/mol. The predicted molar refractivity (Wildman–Crippen MR) is 67.7 cm³/mol. The highest BCUT2D eigenvalue weighted by Crippen LogP contribution is 2.38. The molecule has 3 heteroatoms. The molecule has 0 spiro atoms. The van der Waals surface area contributed by atoms with E-state index in [-0.39, 0.29) is 5.54 Å². The molecule has 1 fully saturated rings. The Morgan fingerprint density at radius 2 is 2.27 bits per heavy atom. The van der Waals surface area contributed by atoms with E-state index in [0.717, 1.165) is 6.54 Å². The van der Waals surface area contributed by atoms with Crippen molar-refractivity contribution in [2.45, 2.75) is 37.6 Å². The first-order valence-electron chi connectivity index (χ1n) is 5.36. The maximum Gasteiger partial charge on any atom is 0.0471 e. The molecule has 1 unspecified atom stereocenters. The highest BCUT2D eigenvalue weighted by molar-refractivity contribution is 9.09. The third-order valence-electron chi connectivity index (χ3n) is 3.35. The molecule has 0 aliphatic carbocycles. The standard InChI is InChI=1S/C12H17BrN2/c1-9-8-14-6-4-10(9)15-7-5-11(13)12(15,2)3/h4,6,8,11H,5,7H2,1-3H3. The molecule has 0 amide bonds. The Morgan fingerprint density at radius 1 is 1.53 bits per heavy atom. The fourth-order valence-corrected chi connectivity index (χ4v) is 2.70. The van der Waals surface area contributed by atoms with E-state index in [4.69, 9.17) is 0 Å². The van der Waals surface area contributed by atoms with Crippen molar-refractivity contribution in [1.82, 2.24) is 4.98 Å². The minimum Gasteiger partial charge on any atom is -0.365 e. The first kappa shape index (κ1) is 10.9. The molecular formula is C12H17BrN2. The SMILES string of the molecule is Cc1cnccc1N1CCC(Br)C1(C)C. The highest BCUT2D eigenvalue weighted by Gasteiger charge is 2.40. The van der Waals surface area contributed by atoms with Gasteiger partial charge in [-0.1, -0.05) is 15.9 Å². The van der Waals surface area contributed by atoms with Gasteiger partial charge in [-0.3, -0.25) is 4.98 Å². The van der Waals surface area contributed by atoms with Crippen LogP contribution in [-0.2, 0) is 0 Å². The van der Waals surface area contributed by atoms with Crippen molar-refractivity contribution in [2.24, 2.45) is 0 Å². The Labute approximate surface area is 99.8 Å². The number of hydrogen-bond donors (Lipinski definition) is 0. The van der Waals surface area contributed by atoms with Gasteiger partial charge in [-0.2, -0.15) is 0 Å². The van der Waals surface area contributed by atoms with E-state index in [0.29, 0.717) is 4.83 Å². The summed E-state index contributed by atoms with van der Waals surface area (Å²) in [4.78, 5) is 7.19. The molecule has 1 aromatic heterocycles. The van der Waals surface area contributed by atoms with E-state index < -0.39 is 0 Å². The summed E-state index contributed by atoms with van der Waals surface area (Å²) >= 11 is 3.76. The number of hydrogen-bond acceptors (Lipinski definition) is 2. The van der Waals surface area contributed by atoms with Gasteiger partial charge in [0.2, 0.25) is 0 Å². The number of aryl methyl sites for hydroxylation is 1. The van der Waals surface area contributed by atoms with Crippen LogP contribution in [0.15, 0.2) is 18.5 Å². The van der Waals surface area contributed by atoms with Crippen molar-refractivity contribution in [3.8, 4) is 0 Å². The van der Waals surface area contributed by atoms with Gasteiger partial charge in [0.05, 0.1) is 0 Å². The zero-order valence-corrected chi connectivity index (χ0v) is 11.1. The lowest BCUT2D eigenvalue weighted by molar-refractivity contribution is 0.533. The van der Waals surface area contributed by atoms with Crippen LogP contribution in [0.4, 0.5) is 5.69 Å². The van der Waals surface area contributed by atoms with Gasteiger partial charge in [-0.25, -0.2) is 0 Å². The van der Waals surface area contributed by atoms with Gasteiger partial charge in [0, 0.05) is 35.0 Å². The van der Waals surface area contributed by atoms with Crippen LogP contribution in [0.1, 0.15) is 25.8 Å². The minimum atomic E-state index is 0.187. The van der Waals surface area contributed by atoms with Gasteiger partial charge in [-0.05, 0) is 38.8 Å². The van der Waals surface area contributed by atoms with E-state index in [2.05, 4.69) is 52.7 Å². The number of halogens is 1. The maximum absolute atomic E-state index is 4.14. The Bertz CT molecular complexity index is 362. The molecule has 1 aromatic rings. The third-order valence-corrected chi connectivity index (χ3v) is 4.93. The van der Waals surface area contributed by atoms with E-state index >= 15 is 0 Å². The fourth-order valence-electron chi connectivity index (χ4n) is 2.25. The van der Waals surface area contributed by atoms with Crippen LogP contribution >= 0.6 is 15.9 Å². The lowest BCUT2D eigenvalue weighted by Gasteiger charge is -2.36. The smallest absolute Gasteiger partial charge is 0.0471 e. The lowest BCUT2D eigenvalue weighted by atomic mass is 10.0. The zero-order valence-electron chi connectivity index (χ0n) is 9.50. The summed E-state index contributed by atoms with van der Waals surface area (Å²) in [6.07, 6.45) is 5.02. The maximum atomic E-state index is 4.14. The quantitative estimate of drug-likeness (QED) is 0.728. The highest BCUT2D eigenvalue weighted by atomic mass is 79.9. The van der Waals surface area contributed by atoms with Crippen LogP contribution in [0, 0.1) is 6.92 Å². The van der Waals surface area contributed by atoms with Gasteiger partial charge < -0.3 is 4.90 Å². The van der Waals surface area contributed by atoms with E-state index in [1.165, 1.54) is 17.7 Å². The number of anilines is 1. The summed E-state index contributed by atoms with van der Waals surface area (Å²) < 4.78 is 0. The van der Waals surface area contributed by atoms with Gasteiger partial charge in [0.1, 0.15) is 0 Å². The normalized spacial score (nSPS) is 24.5. The summed E-state index contributed by atoms with van der Waals surface area (Å²) in [5, 5.41) is 0. The Balaban J connectivity index is 2.37. The van der Waals surface area contributed by atoms with Crippen molar-refractivity contribution < 1.29 is 0 Å². The second kappa shape index (κ2) is 3.78. The Kier molecular flexibility index (Phi) is 2.75. The fraction of sp³-hybridized carbons (Fsp3) is 0.583. The number of pyridine rings is 1. The number of rotatable bonds is 1. The van der Waals surface area contributed by atoms with Gasteiger partial charge in [-0.15, -0.1) is 0 Å². The summed E-state index contributed by atoms with van der Waals surface area (Å²) in [7, 11) is 0. The van der Waals surface area contributed by atoms with Crippen LogP contribution < -0.4 is 4.90 Å². The molecular weight excluding hydrogens is 252 g/mol. The third kappa shape index (κ3) is 1.78. The molecule has 0 radical (unpaired) electrons. The van der Waals surface area contributed by atoms with Crippen molar-refractivity contribution in [1.29, 1.82) is 0 Å². The second-order valence-corrected chi connectivity index (χ2v) is 5.83. The predicted octanol–water partition coefficient (Wildman–Crippen LogP) is 3.14. The molecule has 15 heavy (non-hydrogen) atoms. The topological polar surface area (TPSA) is 16.1 Å². The van der Waals surface area contributed by atoms with Crippen LogP contribution in [0.3, 0.4) is 0 Å². The van der Waals surface area contributed by atoms with Crippen LogP contribution in [0.25, 0.3) is 0 Å². The minimum absolute atomic E-state index is 0.187. The average molecular weight is 269 g/mol. The molecule has 1 saturated heterocycles. The van der Waals surface area contributed by atoms with E-state index in [1.54, 1.807) is 0 Å². The number of nitrogens with zero attached hydrogens (tertiary/aromatic N) is 2. The first-order valence-corrected chi connectivity index (χ1v) is 6.27. The Hall–Kier alpha value is -0.570. The van der Waals surface area contributed by atoms with Crippen LogP contribution in [-0.4, -0.2) is 21.9 Å². The molecule has 0 saturated carbocycles. The number of alkyl halides is 1. The van der Waals surface area contributed by atoms with E-state index in [1.807, 2.05) is 12.4 Å². The summed E-state index contributed by atoms with van der Waals surface area (Å²) in [5.41, 5.74) is 2.76. The van der Waals surface area contributed by atoms with Crippen LogP contribution in [0.5, 0.6) is 0 Å². The molecule has 2 nitrogen and oxygen atoms in total. The molecule has 0 aromatic carbocycles. The van der Waals surface area contributed by atoms with Crippen LogP contribution in [0.2, 0.25) is 0 Å². The van der Waals surface area contributed by atoms with Gasteiger partial charge in [0.15, 0.2) is 0 Å². The second-order valence-electron chi connectivity index (χ2n) is 4.72. The molecule has 82 valence electrons. The van der Waals surface area contributed by atoms with Crippen molar-refractivity contribution in [3.63, 3.8) is 0 Å². The molecule has 1 aliphatic rings. The first-order chi connectivity index (χ1) is 7.03. The molecule has 1 aliphatic heterocycles.